The van der Waals surface area contributed by atoms with Gasteiger partial charge in [-0.15, -0.1) is 11.3 Å². The number of thiophene rings is 1. The van der Waals surface area contributed by atoms with E-state index < -0.39 is 0 Å². The molecule has 3 rings (SSSR count). The number of amides is 1. The minimum Gasteiger partial charge on any atom is -0.444 e. The molecule has 2 aromatic rings. The second kappa shape index (κ2) is 6.41. The van der Waals surface area contributed by atoms with Crippen molar-refractivity contribution in [1.82, 2.24) is 15.2 Å². The molecular weight excluding hydrogens is 286 g/mol. The SMILES string of the molecule is CNC1CCN(C(=O)Cc2coc(-c3cccs3)n2)CC1. The van der Waals surface area contributed by atoms with Crippen LogP contribution in [0, 0.1) is 0 Å². The summed E-state index contributed by atoms with van der Waals surface area (Å²) in [4.78, 5) is 19.6. The van der Waals surface area contributed by atoms with Gasteiger partial charge in [0.1, 0.15) is 6.26 Å². The second-order valence-corrected chi connectivity index (χ2v) is 6.19. The van der Waals surface area contributed by atoms with Gasteiger partial charge in [0.05, 0.1) is 17.0 Å². The molecule has 0 atom stereocenters. The van der Waals surface area contributed by atoms with Crippen LogP contribution in [0.2, 0.25) is 0 Å². The number of oxazole rings is 1. The Morgan fingerprint density at radius 3 is 3.00 bits per heavy atom. The molecule has 0 aliphatic carbocycles. The lowest BCUT2D eigenvalue weighted by Crippen LogP contribution is -2.44. The molecule has 0 unspecified atom stereocenters. The van der Waals surface area contributed by atoms with E-state index in [1.54, 1.807) is 17.6 Å². The predicted octanol–water partition coefficient (Wildman–Crippen LogP) is 2.16. The van der Waals surface area contributed by atoms with Crippen molar-refractivity contribution in [2.24, 2.45) is 0 Å². The molecule has 0 radical (unpaired) electrons. The third-order valence-electron chi connectivity index (χ3n) is 3.87. The van der Waals surface area contributed by atoms with Gasteiger partial charge in [0.25, 0.3) is 0 Å². The average Bonchev–Trinajstić information content (AvgIpc) is 3.18. The first-order valence-electron chi connectivity index (χ1n) is 7.19. The summed E-state index contributed by atoms with van der Waals surface area (Å²) in [5, 5.41) is 5.25. The number of hydrogen-bond donors (Lipinski definition) is 1. The highest BCUT2D eigenvalue weighted by Gasteiger charge is 2.22. The van der Waals surface area contributed by atoms with Crippen molar-refractivity contribution >= 4 is 17.2 Å². The highest BCUT2D eigenvalue weighted by atomic mass is 32.1. The fraction of sp³-hybridized carbons (Fsp3) is 0.467. The summed E-state index contributed by atoms with van der Waals surface area (Å²) < 4.78 is 5.45. The van der Waals surface area contributed by atoms with Gasteiger partial charge in [-0.3, -0.25) is 4.79 Å². The van der Waals surface area contributed by atoms with Gasteiger partial charge in [-0.2, -0.15) is 0 Å². The zero-order valence-corrected chi connectivity index (χ0v) is 12.9. The summed E-state index contributed by atoms with van der Waals surface area (Å²) in [5.74, 6) is 0.734. The third kappa shape index (κ3) is 3.33. The summed E-state index contributed by atoms with van der Waals surface area (Å²) in [6.07, 6.45) is 3.94. The molecule has 6 heteroatoms. The Labute approximate surface area is 128 Å². The van der Waals surface area contributed by atoms with Crippen LogP contribution in [0.1, 0.15) is 18.5 Å². The molecule has 1 aliphatic rings. The molecule has 1 N–H and O–H groups in total. The van der Waals surface area contributed by atoms with Crippen LogP contribution in [0.25, 0.3) is 10.8 Å². The van der Waals surface area contributed by atoms with E-state index in [0.717, 1.165) is 30.8 Å². The Kier molecular flexibility index (Phi) is 4.36. The van der Waals surface area contributed by atoms with Crippen LogP contribution in [-0.2, 0) is 11.2 Å². The first kappa shape index (κ1) is 14.3. The van der Waals surface area contributed by atoms with Crippen molar-refractivity contribution < 1.29 is 9.21 Å². The largest absolute Gasteiger partial charge is 0.444 e. The lowest BCUT2D eigenvalue weighted by atomic mass is 10.0. The number of carbonyl (C=O) groups excluding carboxylic acids is 1. The first-order chi connectivity index (χ1) is 10.3. The molecule has 21 heavy (non-hydrogen) atoms. The van der Waals surface area contributed by atoms with Crippen LogP contribution >= 0.6 is 11.3 Å². The van der Waals surface area contributed by atoms with E-state index in [0.29, 0.717) is 24.0 Å². The van der Waals surface area contributed by atoms with Crippen molar-refractivity contribution in [2.45, 2.75) is 25.3 Å². The second-order valence-electron chi connectivity index (χ2n) is 5.24. The van der Waals surface area contributed by atoms with Gasteiger partial charge in [-0.25, -0.2) is 4.98 Å². The van der Waals surface area contributed by atoms with E-state index in [1.807, 2.05) is 29.5 Å². The van der Waals surface area contributed by atoms with Gasteiger partial charge < -0.3 is 14.6 Å². The third-order valence-corrected chi connectivity index (χ3v) is 4.73. The fourth-order valence-corrected chi connectivity index (χ4v) is 3.24. The predicted molar refractivity (Wildman–Crippen MR) is 82.2 cm³/mol. The van der Waals surface area contributed by atoms with Crippen molar-refractivity contribution in [3.05, 3.63) is 29.5 Å². The quantitative estimate of drug-likeness (QED) is 0.940. The summed E-state index contributed by atoms with van der Waals surface area (Å²) >= 11 is 1.58. The van der Waals surface area contributed by atoms with E-state index in [4.69, 9.17) is 4.42 Å². The molecule has 0 aromatic carbocycles. The van der Waals surface area contributed by atoms with Crippen molar-refractivity contribution in [1.29, 1.82) is 0 Å². The smallest absolute Gasteiger partial charge is 0.236 e. The highest BCUT2D eigenvalue weighted by Crippen LogP contribution is 2.24. The van der Waals surface area contributed by atoms with Crippen LogP contribution in [0.3, 0.4) is 0 Å². The van der Waals surface area contributed by atoms with E-state index in [1.165, 1.54) is 0 Å². The van der Waals surface area contributed by atoms with Gasteiger partial charge in [0.15, 0.2) is 0 Å². The maximum Gasteiger partial charge on any atom is 0.236 e. The molecule has 2 aromatic heterocycles. The number of piperidine rings is 1. The molecule has 0 bridgehead atoms. The summed E-state index contributed by atoms with van der Waals surface area (Å²) in [7, 11) is 1.98. The van der Waals surface area contributed by atoms with Crippen LogP contribution in [0.4, 0.5) is 0 Å². The Balaban J connectivity index is 1.58. The molecule has 1 aliphatic heterocycles. The average molecular weight is 305 g/mol. The lowest BCUT2D eigenvalue weighted by molar-refractivity contribution is -0.131. The first-order valence-corrected chi connectivity index (χ1v) is 8.07. The standard InChI is InChI=1S/C15H19N3O2S/c1-16-11-4-6-18(7-5-11)14(19)9-12-10-20-15(17-12)13-3-2-8-21-13/h2-3,8,10-11,16H,4-7,9H2,1H3. The van der Waals surface area contributed by atoms with Crippen molar-refractivity contribution in [3.8, 4) is 10.8 Å². The molecule has 3 heterocycles. The van der Waals surface area contributed by atoms with Crippen LogP contribution in [-0.4, -0.2) is 42.0 Å². The van der Waals surface area contributed by atoms with Gasteiger partial charge in [-0.05, 0) is 31.3 Å². The molecule has 0 spiro atoms. The van der Waals surface area contributed by atoms with E-state index >= 15 is 0 Å². The summed E-state index contributed by atoms with van der Waals surface area (Å²) in [6.45, 7) is 1.64. The van der Waals surface area contributed by atoms with Crippen molar-refractivity contribution in [3.63, 3.8) is 0 Å². The number of likely N-dealkylation sites (tertiary alicyclic amines) is 1. The molecule has 1 saturated heterocycles. The Hall–Kier alpha value is -1.66. The van der Waals surface area contributed by atoms with Gasteiger partial charge in [0, 0.05) is 19.1 Å². The zero-order valence-electron chi connectivity index (χ0n) is 12.0. The van der Waals surface area contributed by atoms with Crippen LogP contribution in [0.5, 0.6) is 0 Å². The van der Waals surface area contributed by atoms with E-state index in [-0.39, 0.29) is 5.91 Å². The monoisotopic (exact) mass is 305 g/mol. The van der Waals surface area contributed by atoms with Gasteiger partial charge in [0.2, 0.25) is 11.8 Å². The number of hydrogen-bond acceptors (Lipinski definition) is 5. The van der Waals surface area contributed by atoms with Gasteiger partial charge >= 0.3 is 0 Å². The minimum absolute atomic E-state index is 0.135. The van der Waals surface area contributed by atoms with Gasteiger partial charge in [-0.1, -0.05) is 6.07 Å². The van der Waals surface area contributed by atoms with E-state index in [2.05, 4.69) is 10.3 Å². The summed E-state index contributed by atoms with van der Waals surface area (Å²) in [5.41, 5.74) is 0.708. The number of aromatic nitrogens is 1. The molecule has 1 amide bonds. The normalized spacial score (nSPS) is 16.3. The number of nitrogens with zero attached hydrogens (tertiary/aromatic N) is 2. The number of carbonyl (C=O) groups is 1. The summed E-state index contributed by atoms with van der Waals surface area (Å²) in [6, 6.07) is 4.46. The fourth-order valence-electron chi connectivity index (χ4n) is 2.59. The maximum absolute atomic E-state index is 12.3. The lowest BCUT2D eigenvalue weighted by Gasteiger charge is -2.31. The van der Waals surface area contributed by atoms with E-state index in [9.17, 15) is 4.79 Å². The zero-order chi connectivity index (χ0) is 14.7. The topological polar surface area (TPSA) is 58.4 Å². The molecule has 112 valence electrons. The van der Waals surface area contributed by atoms with Crippen LogP contribution < -0.4 is 5.32 Å². The number of nitrogens with one attached hydrogen (secondary N) is 1. The Bertz CT molecular complexity index is 586. The highest BCUT2D eigenvalue weighted by molar-refractivity contribution is 7.13. The Morgan fingerprint density at radius 2 is 2.33 bits per heavy atom. The van der Waals surface area contributed by atoms with Crippen LogP contribution in [0.15, 0.2) is 28.2 Å². The molecule has 0 saturated carbocycles. The maximum atomic E-state index is 12.3. The molecule has 1 fully saturated rings. The minimum atomic E-state index is 0.135. The molecular formula is C15H19N3O2S. The number of rotatable bonds is 4. The molecule has 5 nitrogen and oxygen atoms in total. The van der Waals surface area contributed by atoms with Crippen molar-refractivity contribution in [2.75, 3.05) is 20.1 Å². The Morgan fingerprint density at radius 1 is 1.52 bits per heavy atom.